The number of carbonyl (C=O) groups excluding carboxylic acids is 3. The van der Waals surface area contributed by atoms with Gasteiger partial charge in [0.05, 0.1) is 39.9 Å². The Morgan fingerprint density at radius 3 is 2.51 bits per heavy atom. The Balaban J connectivity index is 0.00000423. The number of aliphatic hydroxyl groups excluding tert-OH is 1. The second kappa shape index (κ2) is 12.2. The molecule has 0 amide bonds. The van der Waals surface area contributed by atoms with Gasteiger partial charge >= 0.3 is 0 Å². The number of carbonyl (C=O) groups is 3. The van der Waals surface area contributed by atoms with Crippen molar-refractivity contribution in [1.82, 2.24) is 0 Å². The number of hydrogen-bond acceptors (Lipinski definition) is 12. The molecule has 43 heavy (non-hydrogen) atoms. The van der Waals surface area contributed by atoms with Crippen molar-refractivity contribution in [1.29, 1.82) is 0 Å². The average Bonchev–Trinajstić information content (AvgIpc) is 2.94. The first kappa shape index (κ1) is 32.9. The predicted octanol–water partition coefficient (Wildman–Crippen LogP) is 2.34. The van der Waals surface area contributed by atoms with E-state index in [0.717, 1.165) is 0 Å². The molecule has 0 radical (unpaired) electrons. The monoisotopic (exact) mass is 635 g/mol. The maximum atomic E-state index is 14.0. The number of thiocarbonyl (C=S) groups is 1. The molecule has 1 saturated heterocycles. The second-order valence-electron chi connectivity index (χ2n) is 11.1. The third kappa shape index (κ3) is 5.57. The molecule has 6 atom stereocenters. The van der Waals surface area contributed by atoms with Gasteiger partial charge in [0.15, 0.2) is 17.9 Å². The fourth-order valence-electron chi connectivity index (χ4n) is 5.87. The molecule has 0 aromatic heterocycles. The van der Waals surface area contributed by atoms with Crippen molar-refractivity contribution in [3.8, 4) is 17.2 Å². The van der Waals surface area contributed by atoms with Gasteiger partial charge in [-0.1, -0.05) is 31.3 Å². The number of fused-ring (bicyclic) bond motifs is 3. The largest absolute Gasteiger partial charge is 0.507 e. The van der Waals surface area contributed by atoms with Crippen LogP contribution in [0.15, 0.2) is 18.2 Å². The summed E-state index contributed by atoms with van der Waals surface area (Å²) in [5, 5.41) is 44.8. The topological polar surface area (TPSA) is 186 Å². The summed E-state index contributed by atoms with van der Waals surface area (Å²) in [5.41, 5.74) is 4.00. The standard InChI is InChI=1S/C30H33NO10S.ClH/c1-4-14(33)11-39-18-7-5-6-15-21(18)27(36)23-24(29(15)42)26(35)16-9-30(38,13(3)32)10-19(22(16)28(23)37)41-20-8-17(31)25(34)12(2)40-20;/h5-7,12,17,19-20,25,34-35,37-38H,4,8-11,31H2,1-3H3;1H/t12?,17?,19-,20?,25?,30-;/m0./s1. The van der Waals surface area contributed by atoms with Crippen molar-refractivity contribution in [3.63, 3.8) is 0 Å². The van der Waals surface area contributed by atoms with Gasteiger partial charge in [0.2, 0.25) is 5.78 Å². The summed E-state index contributed by atoms with van der Waals surface area (Å²) in [6.07, 6.45) is -4.19. The normalized spacial score (nSPS) is 27.8. The van der Waals surface area contributed by atoms with Crippen LogP contribution in [0.25, 0.3) is 0 Å². The Morgan fingerprint density at radius 1 is 1.19 bits per heavy atom. The smallest absolute Gasteiger partial charge is 0.201 e. The van der Waals surface area contributed by atoms with Crippen molar-refractivity contribution in [2.75, 3.05) is 6.61 Å². The van der Waals surface area contributed by atoms with E-state index in [9.17, 15) is 34.8 Å². The van der Waals surface area contributed by atoms with Crippen LogP contribution in [0.5, 0.6) is 17.2 Å². The Bertz CT molecular complexity index is 1500. The van der Waals surface area contributed by atoms with Crippen LogP contribution >= 0.6 is 24.6 Å². The summed E-state index contributed by atoms with van der Waals surface area (Å²) in [6, 6.07) is 3.99. The highest BCUT2D eigenvalue weighted by molar-refractivity contribution is 7.81. The number of halogens is 1. The summed E-state index contributed by atoms with van der Waals surface area (Å²) in [4.78, 5) is 38.5. The second-order valence-corrected chi connectivity index (χ2v) is 11.5. The zero-order valence-electron chi connectivity index (χ0n) is 23.8. The molecule has 6 N–H and O–H groups in total. The molecule has 5 rings (SSSR count). The molecule has 2 aromatic rings. The molecule has 232 valence electrons. The van der Waals surface area contributed by atoms with Gasteiger partial charge in [-0.3, -0.25) is 14.4 Å². The highest BCUT2D eigenvalue weighted by atomic mass is 35.5. The first-order chi connectivity index (χ1) is 19.8. The first-order valence-corrected chi connectivity index (χ1v) is 14.1. The molecule has 1 fully saturated rings. The minimum atomic E-state index is -1.97. The Kier molecular flexibility index (Phi) is 9.34. The molecule has 4 unspecified atom stereocenters. The highest BCUT2D eigenvalue weighted by Gasteiger charge is 2.49. The summed E-state index contributed by atoms with van der Waals surface area (Å²) in [5.74, 6) is -2.36. The van der Waals surface area contributed by atoms with E-state index in [2.05, 4.69) is 0 Å². The first-order valence-electron chi connectivity index (χ1n) is 13.7. The summed E-state index contributed by atoms with van der Waals surface area (Å²) in [6.45, 7) is 4.24. The van der Waals surface area contributed by atoms with Crippen LogP contribution in [0.2, 0.25) is 0 Å². The summed E-state index contributed by atoms with van der Waals surface area (Å²) >= 11 is 5.68. The van der Waals surface area contributed by atoms with E-state index in [-0.39, 0.29) is 94.5 Å². The van der Waals surface area contributed by atoms with E-state index in [4.69, 9.17) is 32.2 Å². The van der Waals surface area contributed by atoms with E-state index in [1.165, 1.54) is 13.0 Å². The van der Waals surface area contributed by atoms with E-state index in [1.807, 2.05) is 0 Å². The number of rotatable bonds is 7. The molecule has 13 heteroatoms. The van der Waals surface area contributed by atoms with Crippen LogP contribution in [0.1, 0.15) is 84.3 Å². The van der Waals surface area contributed by atoms with Gasteiger partial charge in [0.1, 0.15) is 29.5 Å². The third-order valence-electron chi connectivity index (χ3n) is 8.36. The van der Waals surface area contributed by atoms with Gasteiger partial charge < -0.3 is 40.4 Å². The van der Waals surface area contributed by atoms with E-state index in [0.29, 0.717) is 0 Å². The minimum absolute atomic E-state index is 0. The number of Topliss-reactive ketones (excluding diaryl/α,β-unsaturated/α-hetero) is 2. The zero-order chi connectivity index (χ0) is 30.7. The van der Waals surface area contributed by atoms with Gasteiger partial charge in [-0.15, -0.1) is 12.4 Å². The molecule has 3 aliphatic rings. The van der Waals surface area contributed by atoms with Crippen molar-refractivity contribution in [2.45, 2.75) is 82.7 Å². The molecular formula is C30H34ClNO10S. The molecule has 11 nitrogen and oxygen atoms in total. The van der Waals surface area contributed by atoms with E-state index >= 15 is 0 Å². The number of aliphatic hydroxyl groups is 2. The molecule has 1 heterocycles. The maximum Gasteiger partial charge on any atom is 0.201 e. The van der Waals surface area contributed by atoms with Crippen molar-refractivity contribution in [3.05, 3.63) is 51.6 Å². The summed E-state index contributed by atoms with van der Waals surface area (Å²) < 4.78 is 17.6. The Morgan fingerprint density at radius 2 is 1.88 bits per heavy atom. The van der Waals surface area contributed by atoms with E-state index in [1.54, 1.807) is 26.0 Å². The van der Waals surface area contributed by atoms with Crippen LogP contribution in [-0.4, -0.2) is 79.4 Å². The number of benzene rings is 2. The number of aromatic hydroxyl groups is 2. The lowest BCUT2D eigenvalue weighted by atomic mass is 9.72. The Hall–Kier alpha value is -2.97. The minimum Gasteiger partial charge on any atom is -0.507 e. The van der Waals surface area contributed by atoms with Gasteiger partial charge in [0.25, 0.3) is 0 Å². The van der Waals surface area contributed by atoms with Gasteiger partial charge in [-0.25, -0.2) is 0 Å². The summed E-state index contributed by atoms with van der Waals surface area (Å²) in [7, 11) is 0. The SMILES string of the molecule is CCC(=O)COc1cccc2c1C(=O)c1c(O)c3c(c(O)c1C2=S)C[C@@](O)(C(C)=O)C[C@@H]3OC1CC(N)C(O)C(C)O1.Cl. The molecule has 2 aromatic carbocycles. The van der Waals surface area contributed by atoms with Crippen molar-refractivity contribution in [2.24, 2.45) is 5.73 Å². The lowest BCUT2D eigenvalue weighted by Crippen LogP contribution is -2.52. The van der Waals surface area contributed by atoms with Crippen LogP contribution in [0, 0.1) is 0 Å². The van der Waals surface area contributed by atoms with Gasteiger partial charge in [-0.05, 0) is 19.9 Å². The molecule has 0 saturated carbocycles. The van der Waals surface area contributed by atoms with Crippen LogP contribution < -0.4 is 10.5 Å². The molecule has 0 bridgehead atoms. The van der Waals surface area contributed by atoms with E-state index < -0.39 is 59.3 Å². The lowest BCUT2D eigenvalue weighted by molar-refractivity contribution is -0.247. The molecule has 1 aliphatic heterocycles. The van der Waals surface area contributed by atoms with Crippen LogP contribution in [-0.2, 0) is 25.5 Å². The predicted molar refractivity (Wildman–Crippen MR) is 159 cm³/mol. The fourth-order valence-corrected chi connectivity index (χ4v) is 6.24. The Labute approximate surface area is 259 Å². The van der Waals surface area contributed by atoms with Gasteiger partial charge in [-0.2, -0.15) is 0 Å². The number of ether oxygens (including phenoxy) is 3. The van der Waals surface area contributed by atoms with Crippen LogP contribution in [0.3, 0.4) is 0 Å². The highest BCUT2D eigenvalue weighted by Crippen LogP contribution is 2.52. The number of phenolic OH excluding ortho intramolecular Hbond substituents is 2. The fraction of sp³-hybridized carbons (Fsp3) is 0.467. The maximum absolute atomic E-state index is 14.0. The quantitative estimate of drug-likeness (QED) is 0.189. The third-order valence-corrected chi connectivity index (χ3v) is 8.79. The molecular weight excluding hydrogens is 602 g/mol. The number of hydrogen-bond donors (Lipinski definition) is 5. The van der Waals surface area contributed by atoms with Crippen molar-refractivity contribution < 1.29 is 49.0 Å². The molecule has 2 aliphatic carbocycles. The number of phenols is 2. The zero-order valence-corrected chi connectivity index (χ0v) is 25.4. The molecule has 0 spiro atoms. The average molecular weight is 636 g/mol. The van der Waals surface area contributed by atoms with Crippen molar-refractivity contribution >= 4 is 46.8 Å². The lowest BCUT2D eigenvalue weighted by Gasteiger charge is -2.42. The number of ketones is 3. The van der Waals surface area contributed by atoms with Crippen LogP contribution in [0.4, 0.5) is 0 Å². The number of nitrogens with two attached hydrogens (primary N) is 1. The van der Waals surface area contributed by atoms with Gasteiger partial charge in [0, 0.05) is 48.4 Å².